The average Bonchev–Trinajstić information content (AvgIpc) is 2.16. The van der Waals surface area contributed by atoms with Gasteiger partial charge < -0.3 is 0 Å². The van der Waals surface area contributed by atoms with Crippen molar-refractivity contribution in [2.45, 2.75) is 39.0 Å². The van der Waals surface area contributed by atoms with Gasteiger partial charge in [-0.15, -0.1) is 0 Å². The molecule has 0 aliphatic heterocycles. The molecule has 0 saturated carbocycles. The van der Waals surface area contributed by atoms with E-state index in [9.17, 15) is 4.39 Å². The van der Waals surface area contributed by atoms with Crippen LogP contribution in [0.5, 0.6) is 0 Å². The summed E-state index contributed by atoms with van der Waals surface area (Å²) >= 11 is 0. The number of halogens is 1. The van der Waals surface area contributed by atoms with Gasteiger partial charge in [0.15, 0.2) is 0 Å². The summed E-state index contributed by atoms with van der Waals surface area (Å²) in [6.45, 7) is 4.51. The zero-order valence-electron chi connectivity index (χ0n) is 8.89. The lowest BCUT2D eigenvalue weighted by atomic mass is 9.77. The van der Waals surface area contributed by atoms with Crippen molar-refractivity contribution in [2.24, 2.45) is 5.92 Å². The van der Waals surface area contributed by atoms with E-state index < -0.39 is 0 Å². The third-order valence-corrected chi connectivity index (χ3v) is 3.27. The van der Waals surface area contributed by atoms with Crippen molar-refractivity contribution < 1.29 is 4.39 Å². The molecule has 0 spiro atoms. The van der Waals surface area contributed by atoms with Crippen LogP contribution in [0.1, 0.15) is 43.7 Å². The Labute approximate surface area is 85.1 Å². The number of hydrogen-bond donors (Lipinski definition) is 0. The average molecular weight is 192 g/mol. The Morgan fingerprint density at radius 3 is 2.86 bits per heavy atom. The van der Waals surface area contributed by atoms with Crippen LogP contribution in [0.2, 0.25) is 0 Å². The molecule has 76 valence electrons. The molecule has 1 atom stereocenters. The number of fused-ring (bicyclic) bond motifs is 1. The van der Waals surface area contributed by atoms with E-state index in [1.54, 1.807) is 12.1 Å². The molecule has 1 aliphatic rings. The van der Waals surface area contributed by atoms with E-state index >= 15 is 0 Å². The molecule has 0 amide bonds. The van der Waals surface area contributed by atoms with Crippen molar-refractivity contribution >= 4 is 0 Å². The molecule has 0 unspecified atom stereocenters. The third-order valence-electron chi connectivity index (χ3n) is 3.27. The van der Waals surface area contributed by atoms with Crippen LogP contribution in [-0.4, -0.2) is 0 Å². The van der Waals surface area contributed by atoms with E-state index in [1.807, 2.05) is 6.07 Å². The van der Waals surface area contributed by atoms with E-state index in [2.05, 4.69) is 13.8 Å². The normalized spacial score (nSPS) is 21.0. The number of hydrogen-bond acceptors (Lipinski definition) is 0. The Morgan fingerprint density at radius 1 is 1.36 bits per heavy atom. The van der Waals surface area contributed by atoms with Gasteiger partial charge in [0.1, 0.15) is 5.82 Å². The molecular formula is C13H17F. The fourth-order valence-electron chi connectivity index (χ4n) is 2.51. The zero-order chi connectivity index (χ0) is 10.1. The highest BCUT2D eigenvalue weighted by Crippen LogP contribution is 2.36. The van der Waals surface area contributed by atoms with Crippen LogP contribution in [0.25, 0.3) is 0 Å². The minimum atomic E-state index is -0.0897. The Bertz CT molecular complexity index is 328. The maximum atomic E-state index is 13.0. The lowest BCUT2D eigenvalue weighted by Gasteiger charge is -2.28. The van der Waals surface area contributed by atoms with Crippen LogP contribution in [0.15, 0.2) is 18.2 Å². The molecule has 0 bridgehead atoms. The van der Waals surface area contributed by atoms with Crippen molar-refractivity contribution in [2.75, 3.05) is 0 Å². The molecule has 0 N–H and O–H groups in total. The first-order valence-corrected chi connectivity index (χ1v) is 5.47. The van der Waals surface area contributed by atoms with E-state index in [1.165, 1.54) is 24.0 Å². The minimum Gasteiger partial charge on any atom is -0.207 e. The summed E-state index contributed by atoms with van der Waals surface area (Å²) in [5.74, 6) is 1.21. The molecule has 1 aromatic rings. The van der Waals surface area contributed by atoms with Gasteiger partial charge in [0.2, 0.25) is 0 Å². The van der Waals surface area contributed by atoms with Gasteiger partial charge in [0.05, 0.1) is 0 Å². The zero-order valence-corrected chi connectivity index (χ0v) is 8.89. The van der Waals surface area contributed by atoms with Crippen LogP contribution < -0.4 is 0 Å². The van der Waals surface area contributed by atoms with Gasteiger partial charge >= 0.3 is 0 Å². The molecule has 14 heavy (non-hydrogen) atoms. The largest absolute Gasteiger partial charge is 0.207 e. The summed E-state index contributed by atoms with van der Waals surface area (Å²) in [6.07, 6.45) is 3.52. The number of rotatable bonds is 1. The second-order valence-electron chi connectivity index (χ2n) is 4.59. The predicted octanol–water partition coefficient (Wildman–Crippen LogP) is 3.90. The molecule has 1 aromatic carbocycles. The summed E-state index contributed by atoms with van der Waals surface area (Å²) in [7, 11) is 0. The van der Waals surface area contributed by atoms with E-state index in [-0.39, 0.29) is 5.82 Å². The maximum absolute atomic E-state index is 13.0. The summed E-state index contributed by atoms with van der Waals surface area (Å²) in [5, 5.41) is 0. The smallest absolute Gasteiger partial charge is 0.123 e. The van der Waals surface area contributed by atoms with Gasteiger partial charge in [0, 0.05) is 0 Å². The first-order chi connectivity index (χ1) is 6.68. The number of benzene rings is 1. The highest BCUT2D eigenvalue weighted by Gasteiger charge is 2.22. The lowest BCUT2D eigenvalue weighted by molar-refractivity contribution is 0.432. The molecule has 1 heteroatoms. The Kier molecular flexibility index (Phi) is 2.58. The van der Waals surface area contributed by atoms with Crippen LogP contribution in [0, 0.1) is 11.7 Å². The first-order valence-electron chi connectivity index (χ1n) is 5.47. The summed E-state index contributed by atoms with van der Waals surface area (Å²) in [5.41, 5.74) is 2.61. The Hall–Kier alpha value is -0.850. The molecule has 0 aromatic heterocycles. The molecular weight excluding hydrogens is 175 g/mol. The lowest BCUT2D eigenvalue weighted by Crippen LogP contribution is -2.14. The quantitative estimate of drug-likeness (QED) is 0.633. The standard InChI is InChI=1S/C13H17F/c1-9(2)12-5-3-4-10-8-11(14)6-7-13(10)12/h6-9,12H,3-5H2,1-2H3/t12-/m0/s1. The minimum absolute atomic E-state index is 0.0897. The summed E-state index contributed by atoms with van der Waals surface area (Å²) in [6, 6.07) is 5.29. The van der Waals surface area contributed by atoms with Crippen molar-refractivity contribution in [1.82, 2.24) is 0 Å². The Morgan fingerprint density at radius 2 is 2.14 bits per heavy atom. The van der Waals surface area contributed by atoms with Gasteiger partial charge in [-0.3, -0.25) is 0 Å². The van der Waals surface area contributed by atoms with Crippen LogP contribution in [0.4, 0.5) is 4.39 Å². The van der Waals surface area contributed by atoms with E-state index in [4.69, 9.17) is 0 Å². The fourth-order valence-corrected chi connectivity index (χ4v) is 2.51. The summed E-state index contributed by atoms with van der Waals surface area (Å²) in [4.78, 5) is 0. The fraction of sp³-hybridized carbons (Fsp3) is 0.538. The highest BCUT2D eigenvalue weighted by molar-refractivity contribution is 5.33. The first kappa shape index (κ1) is 9.70. The van der Waals surface area contributed by atoms with Crippen LogP contribution >= 0.6 is 0 Å². The monoisotopic (exact) mass is 192 g/mol. The van der Waals surface area contributed by atoms with Gasteiger partial charge in [-0.25, -0.2) is 4.39 Å². The second-order valence-corrected chi connectivity index (χ2v) is 4.59. The van der Waals surface area contributed by atoms with Crippen LogP contribution in [0.3, 0.4) is 0 Å². The van der Waals surface area contributed by atoms with Gasteiger partial charge in [0.25, 0.3) is 0 Å². The van der Waals surface area contributed by atoms with Crippen molar-refractivity contribution in [3.8, 4) is 0 Å². The van der Waals surface area contributed by atoms with Crippen molar-refractivity contribution in [3.05, 3.63) is 35.1 Å². The maximum Gasteiger partial charge on any atom is 0.123 e. The van der Waals surface area contributed by atoms with Gasteiger partial charge in [-0.05, 0) is 54.4 Å². The van der Waals surface area contributed by atoms with Crippen molar-refractivity contribution in [1.29, 1.82) is 0 Å². The third kappa shape index (κ3) is 1.68. The summed E-state index contributed by atoms with van der Waals surface area (Å²) < 4.78 is 13.0. The molecule has 0 heterocycles. The molecule has 1 aliphatic carbocycles. The molecule has 0 nitrogen and oxygen atoms in total. The van der Waals surface area contributed by atoms with Gasteiger partial charge in [-0.1, -0.05) is 19.9 Å². The molecule has 2 rings (SSSR count). The van der Waals surface area contributed by atoms with Crippen LogP contribution in [-0.2, 0) is 6.42 Å². The molecule has 0 saturated heterocycles. The predicted molar refractivity (Wildman–Crippen MR) is 56.9 cm³/mol. The highest BCUT2D eigenvalue weighted by atomic mass is 19.1. The Balaban J connectivity index is 2.40. The van der Waals surface area contributed by atoms with E-state index in [0.717, 1.165) is 6.42 Å². The van der Waals surface area contributed by atoms with E-state index in [0.29, 0.717) is 11.8 Å². The molecule has 0 radical (unpaired) electrons. The topological polar surface area (TPSA) is 0 Å². The molecule has 0 fully saturated rings. The number of aryl methyl sites for hydroxylation is 1. The SMILES string of the molecule is CC(C)[C@@H]1CCCc2cc(F)ccc21. The van der Waals surface area contributed by atoms with Crippen molar-refractivity contribution in [3.63, 3.8) is 0 Å². The van der Waals surface area contributed by atoms with Gasteiger partial charge in [-0.2, -0.15) is 0 Å². The second kappa shape index (κ2) is 3.72.